The van der Waals surface area contributed by atoms with Gasteiger partial charge in [-0.1, -0.05) is 25.2 Å². The molecule has 1 amide bonds. The Morgan fingerprint density at radius 2 is 2.24 bits per heavy atom. The Hall–Kier alpha value is -1.34. The summed E-state index contributed by atoms with van der Waals surface area (Å²) in [5.74, 6) is 0.221. The summed E-state index contributed by atoms with van der Waals surface area (Å²) < 4.78 is 0. The first-order valence-electron chi connectivity index (χ1n) is 7.44. The van der Waals surface area contributed by atoms with E-state index in [1.54, 1.807) is 0 Å². The molecule has 1 aliphatic heterocycles. The van der Waals surface area contributed by atoms with Gasteiger partial charge >= 0.3 is 0 Å². The van der Waals surface area contributed by atoms with Gasteiger partial charge in [-0.15, -0.1) is 0 Å². The molecule has 1 aliphatic carbocycles. The van der Waals surface area contributed by atoms with Gasteiger partial charge in [-0.3, -0.25) is 4.79 Å². The second kappa shape index (κ2) is 5.14. The molecule has 0 radical (unpaired) electrons. The molecule has 1 saturated heterocycles. The van der Waals surface area contributed by atoms with Gasteiger partial charge in [-0.2, -0.15) is 0 Å². The van der Waals surface area contributed by atoms with Gasteiger partial charge in [0.2, 0.25) is 0 Å². The number of hydrogen-bond acceptors (Lipinski definition) is 6. The van der Waals surface area contributed by atoms with Crippen molar-refractivity contribution in [2.45, 2.75) is 45.2 Å². The number of nitrogens with one attached hydrogen (secondary N) is 1. The van der Waals surface area contributed by atoms with E-state index in [-0.39, 0.29) is 23.4 Å². The Kier molecular flexibility index (Phi) is 3.57. The molecule has 2 fully saturated rings. The number of nitrogens with two attached hydrogens (primary N) is 2. The lowest BCUT2D eigenvalue weighted by Gasteiger charge is -2.30. The van der Waals surface area contributed by atoms with Crippen molar-refractivity contribution in [3.05, 3.63) is 4.88 Å². The van der Waals surface area contributed by atoms with E-state index in [0.717, 1.165) is 37.5 Å². The van der Waals surface area contributed by atoms with Crippen molar-refractivity contribution in [3.63, 3.8) is 0 Å². The van der Waals surface area contributed by atoms with E-state index >= 15 is 0 Å². The monoisotopic (exact) mass is 309 g/mol. The van der Waals surface area contributed by atoms with Crippen LogP contribution in [0.25, 0.3) is 0 Å². The Morgan fingerprint density at radius 3 is 2.86 bits per heavy atom. The molecular formula is C14H23N5OS. The number of piperidine rings is 1. The SMILES string of the molecule is CC1(C)CC1NC(=O)c1sc(N2CCCC(N)C2)nc1N. The molecule has 2 heterocycles. The minimum absolute atomic E-state index is 0.104. The van der Waals surface area contributed by atoms with Crippen LogP contribution in [0.2, 0.25) is 0 Å². The van der Waals surface area contributed by atoms with Crippen LogP contribution >= 0.6 is 11.3 Å². The lowest BCUT2D eigenvalue weighted by Crippen LogP contribution is -2.42. The smallest absolute Gasteiger partial charge is 0.265 e. The lowest BCUT2D eigenvalue weighted by atomic mass is 10.1. The summed E-state index contributed by atoms with van der Waals surface area (Å²) in [5, 5.41) is 3.84. The van der Waals surface area contributed by atoms with Gasteiger partial charge in [0.25, 0.3) is 5.91 Å². The predicted molar refractivity (Wildman–Crippen MR) is 85.6 cm³/mol. The number of rotatable bonds is 3. The fourth-order valence-corrected chi connectivity index (χ4v) is 3.66. The maximum absolute atomic E-state index is 12.3. The van der Waals surface area contributed by atoms with Crippen molar-refractivity contribution in [1.82, 2.24) is 10.3 Å². The van der Waals surface area contributed by atoms with Crippen molar-refractivity contribution in [2.24, 2.45) is 11.1 Å². The highest BCUT2D eigenvalue weighted by Gasteiger charge is 2.47. The molecule has 6 nitrogen and oxygen atoms in total. The van der Waals surface area contributed by atoms with E-state index in [4.69, 9.17) is 11.5 Å². The number of amides is 1. The van der Waals surface area contributed by atoms with Crippen LogP contribution in [-0.4, -0.2) is 36.1 Å². The van der Waals surface area contributed by atoms with Crippen LogP contribution in [0.15, 0.2) is 0 Å². The molecule has 21 heavy (non-hydrogen) atoms. The minimum atomic E-state index is -0.104. The quantitative estimate of drug-likeness (QED) is 0.779. The molecule has 116 valence electrons. The molecule has 0 bridgehead atoms. The molecule has 0 spiro atoms. The Balaban J connectivity index is 1.70. The van der Waals surface area contributed by atoms with Crippen molar-refractivity contribution in [1.29, 1.82) is 0 Å². The molecule has 2 atom stereocenters. The van der Waals surface area contributed by atoms with Crippen LogP contribution < -0.4 is 21.7 Å². The fourth-order valence-electron chi connectivity index (χ4n) is 2.74. The highest BCUT2D eigenvalue weighted by atomic mass is 32.1. The Labute approximate surface area is 128 Å². The van der Waals surface area contributed by atoms with E-state index in [2.05, 4.69) is 29.0 Å². The average molecular weight is 309 g/mol. The summed E-state index contributed by atoms with van der Waals surface area (Å²) >= 11 is 1.37. The van der Waals surface area contributed by atoms with E-state index < -0.39 is 0 Å². The Bertz CT molecular complexity index is 556. The third-order valence-corrected chi connectivity index (χ3v) is 5.53. The summed E-state index contributed by atoms with van der Waals surface area (Å²) in [4.78, 5) is 19.3. The van der Waals surface area contributed by atoms with Gasteiger partial charge in [-0.05, 0) is 24.7 Å². The van der Waals surface area contributed by atoms with Crippen LogP contribution in [0.3, 0.4) is 0 Å². The first kappa shape index (κ1) is 14.6. The number of anilines is 2. The summed E-state index contributed by atoms with van der Waals surface area (Å²) in [5.41, 5.74) is 12.1. The molecule has 0 aromatic carbocycles. The molecule has 1 saturated carbocycles. The zero-order valence-corrected chi connectivity index (χ0v) is 13.4. The summed E-state index contributed by atoms with van der Waals surface area (Å²) in [6, 6.07) is 0.423. The lowest BCUT2D eigenvalue weighted by molar-refractivity contribution is 0.0951. The number of aromatic nitrogens is 1. The van der Waals surface area contributed by atoms with Gasteiger partial charge in [0.15, 0.2) is 5.13 Å². The van der Waals surface area contributed by atoms with Crippen molar-refractivity contribution >= 4 is 28.2 Å². The molecule has 2 unspecified atom stereocenters. The highest BCUT2D eigenvalue weighted by Crippen LogP contribution is 2.45. The van der Waals surface area contributed by atoms with Gasteiger partial charge in [0.1, 0.15) is 10.7 Å². The summed E-state index contributed by atoms with van der Waals surface area (Å²) in [6.45, 7) is 6.00. The zero-order valence-electron chi connectivity index (χ0n) is 12.6. The molecule has 2 aliphatic rings. The maximum Gasteiger partial charge on any atom is 0.265 e. The standard InChI is InChI=1S/C14H23N5OS/c1-14(2)6-9(14)17-12(20)10-11(16)18-13(21-10)19-5-3-4-8(15)7-19/h8-9H,3-7,15-16H2,1-2H3,(H,17,20). The van der Waals surface area contributed by atoms with E-state index in [1.807, 2.05) is 0 Å². The van der Waals surface area contributed by atoms with Crippen LogP contribution in [0.4, 0.5) is 10.9 Å². The largest absolute Gasteiger partial charge is 0.382 e. The van der Waals surface area contributed by atoms with Gasteiger partial charge in [0.05, 0.1) is 0 Å². The minimum Gasteiger partial charge on any atom is -0.382 e. The summed E-state index contributed by atoms with van der Waals surface area (Å²) in [6.07, 6.45) is 3.12. The van der Waals surface area contributed by atoms with Crippen LogP contribution in [-0.2, 0) is 0 Å². The van der Waals surface area contributed by atoms with E-state index in [1.165, 1.54) is 11.3 Å². The second-order valence-electron chi connectivity index (χ2n) is 6.78. The van der Waals surface area contributed by atoms with E-state index in [9.17, 15) is 4.79 Å². The van der Waals surface area contributed by atoms with E-state index in [0.29, 0.717) is 10.7 Å². The fraction of sp³-hybridized carbons (Fsp3) is 0.714. The maximum atomic E-state index is 12.3. The highest BCUT2D eigenvalue weighted by molar-refractivity contribution is 7.18. The molecule has 1 aromatic heterocycles. The first-order chi connectivity index (χ1) is 9.87. The second-order valence-corrected chi connectivity index (χ2v) is 7.76. The topological polar surface area (TPSA) is 97.3 Å². The van der Waals surface area contributed by atoms with Crippen LogP contribution in [0.5, 0.6) is 0 Å². The Morgan fingerprint density at radius 1 is 1.52 bits per heavy atom. The molecule has 3 rings (SSSR count). The van der Waals surface area contributed by atoms with Crippen molar-refractivity contribution in [3.8, 4) is 0 Å². The zero-order chi connectivity index (χ0) is 15.2. The number of thiazole rings is 1. The van der Waals surface area contributed by atoms with Crippen molar-refractivity contribution in [2.75, 3.05) is 23.7 Å². The molecular weight excluding hydrogens is 286 g/mol. The number of carbonyl (C=O) groups excluding carboxylic acids is 1. The third kappa shape index (κ3) is 2.98. The predicted octanol–water partition coefficient (Wildman–Crippen LogP) is 1.18. The van der Waals surface area contributed by atoms with Crippen LogP contribution in [0.1, 0.15) is 42.8 Å². The van der Waals surface area contributed by atoms with Crippen LogP contribution in [0, 0.1) is 5.41 Å². The molecule has 1 aromatic rings. The molecule has 5 N–H and O–H groups in total. The summed E-state index contributed by atoms with van der Waals surface area (Å²) in [7, 11) is 0. The average Bonchev–Trinajstić information content (AvgIpc) is 2.83. The number of hydrogen-bond donors (Lipinski definition) is 3. The number of carbonyl (C=O) groups is 1. The van der Waals surface area contributed by atoms with Gasteiger partial charge in [0, 0.05) is 25.2 Å². The van der Waals surface area contributed by atoms with Crippen molar-refractivity contribution < 1.29 is 4.79 Å². The first-order valence-corrected chi connectivity index (χ1v) is 8.26. The van der Waals surface area contributed by atoms with Gasteiger partial charge < -0.3 is 21.7 Å². The normalized spacial score (nSPS) is 27.5. The number of nitrogen functional groups attached to an aromatic ring is 1. The molecule has 7 heteroatoms. The van der Waals surface area contributed by atoms with Gasteiger partial charge in [-0.25, -0.2) is 4.98 Å². The number of nitrogens with zero attached hydrogens (tertiary/aromatic N) is 2. The third-order valence-electron chi connectivity index (χ3n) is 4.40.